The molecule has 0 fully saturated rings. The summed E-state index contributed by atoms with van der Waals surface area (Å²) in [6, 6.07) is 3.24. The third-order valence-electron chi connectivity index (χ3n) is 2.52. The van der Waals surface area contributed by atoms with Crippen molar-refractivity contribution in [2.24, 2.45) is 0 Å². The number of carboxylic acid groups (broad SMARTS) is 1. The number of nitrogens with zero attached hydrogens (tertiary/aromatic N) is 3. The minimum absolute atomic E-state index is 0.0338. The zero-order valence-electron chi connectivity index (χ0n) is 9.25. The van der Waals surface area contributed by atoms with Gasteiger partial charge in [0.15, 0.2) is 0 Å². The van der Waals surface area contributed by atoms with Crippen molar-refractivity contribution in [1.82, 2.24) is 14.3 Å². The number of aromatic carboxylic acids is 1. The molecule has 6 heteroatoms. The third-order valence-corrected chi connectivity index (χ3v) is 2.73. The molecule has 2 aromatic rings. The lowest BCUT2D eigenvalue weighted by atomic mass is 10.3. The summed E-state index contributed by atoms with van der Waals surface area (Å²) >= 11 is 5.83. The second-order valence-corrected chi connectivity index (χ2v) is 4.27. The van der Waals surface area contributed by atoms with Gasteiger partial charge in [-0.15, -0.1) is 0 Å². The van der Waals surface area contributed by atoms with Crippen molar-refractivity contribution >= 4 is 17.6 Å². The van der Waals surface area contributed by atoms with Crippen LogP contribution in [0.25, 0.3) is 0 Å². The van der Waals surface area contributed by atoms with E-state index < -0.39 is 5.97 Å². The minimum atomic E-state index is -0.982. The summed E-state index contributed by atoms with van der Waals surface area (Å²) < 4.78 is 3.40. The SMILES string of the molecule is CC(Cn1cccn1)n1cc(Cl)cc1C(=O)O. The minimum Gasteiger partial charge on any atom is -0.477 e. The quantitative estimate of drug-likeness (QED) is 0.910. The Morgan fingerprint density at radius 3 is 3.00 bits per heavy atom. The van der Waals surface area contributed by atoms with Crippen LogP contribution in [-0.2, 0) is 6.54 Å². The molecule has 0 aromatic carbocycles. The predicted octanol–water partition coefficient (Wildman–Crippen LogP) is 2.30. The molecular formula is C11H12ClN3O2. The Bertz CT molecular complexity index is 519. The molecule has 0 saturated heterocycles. The highest BCUT2D eigenvalue weighted by Crippen LogP contribution is 2.20. The number of carbonyl (C=O) groups is 1. The van der Waals surface area contributed by atoms with Gasteiger partial charge in [-0.2, -0.15) is 5.10 Å². The summed E-state index contributed by atoms with van der Waals surface area (Å²) in [6.45, 7) is 2.52. The second kappa shape index (κ2) is 4.63. The average Bonchev–Trinajstić information content (AvgIpc) is 2.86. The van der Waals surface area contributed by atoms with Gasteiger partial charge in [0.1, 0.15) is 5.69 Å². The molecule has 0 spiro atoms. The van der Waals surface area contributed by atoms with E-state index in [0.717, 1.165) is 0 Å². The molecule has 0 saturated carbocycles. The van der Waals surface area contributed by atoms with Crippen LogP contribution in [0.4, 0.5) is 0 Å². The standard InChI is InChI=1S/C11H12ClN3O2/c1-8(6-14-4-2-3-13-14)15-7-9(12)5-10(15)11(16)17/h2-5,7-8H,6H2,1H3,(H,16,17). The van der Waals surface area contributed by atoms with Gasteiger partial charge in [-0.05, 0) is 19.1 Å². The number of hydrogen-bond donors (Lipinski definition) is 1. The van der Waals surface area contributed by atoms with E-state index in [0.29, 0.717) is 11.6 Å². The normalized spacial score (nSPS) is 12.6. The van der Waals surface area contributed by atoms with Gasteiger partial charge in [0.25, 0.3) is 0 Å². The van der Waals surface area contributed by atoms with Gasteiger partial charge in [-0.1, -0.05) is 11.6 Å². The van der Waals surface area contributed by atoms with E-state index in [2.05, 4.69) is 5.10 Å². The zero-order chi connectivity index (χ0) is 12.4. The van der Waals surface area contributed by atoms with Gasteiger partial charge >= 0.3 is 5.97 Å². The van der Waals surface area contributed by atoms with Crippen LogP contribution in [0.1, 0.15) is 23.5 Å². The molecular weight excluding hydrogens is 242 g/mol. The Kier molecular flexibility index (Phi) is 3.19. The predicted molar refractivity (Wildman–Crippen MR) is 63.3 cm³/mol. The lowest BCUT2D eigenvalue weighted by Gasteiger charge is -2.15. The second-order valence-electron chi connectivity index (χ2n) is 3.83. The van der Waals surface area contributed by atoms with Crippen LogP contribution < -0.4 is 0 Å². The van der Waals surface area contributed by atoms with Crippen molar-refractivity contribution in [2.45, 2.75) is 19.5 Å². The molecule has 0 aliphatic heterocycles. The maximum atomic E-state index is 11.0. The number of aromatic nitrogens is 3. The zero-order valence-corrected chi connectivity index (χ0v) is 10.0. The fourth-order valence-electron chi connectivity index (χ4n) is 1.75. The number of halogens is 1. The lowest BCUT2D eigenvalue weighted by Crippen LogP contribution is -2.17. The fourth-order valence-corrected chi connectivity index (χ4v) is 1.96. The first-order valence-electron chi connectivity index (χ1n) is 5.16. The van der Waals surface area contributed by atoms with Crippen molar-refractivity contribution in [3.8, 4) is 0 Å². The molecule has 0 aliphatic rings. The van der Waals surface area contributed by atoms with Gasteiger partial charge in [-0.3, -0.25) is 4.68 Å². The fraction of sp³-hybridized carbons (Fsp3) is 0.273. The van der Waals surface area contributed by atoms with Crippen LogP contribution in [0, 0.1) is 0 Å². The molecule has 0 bridgehead atoms. The third kappa shape index (κ3) is 2.50. The van der Waals surface area contributed by atoms with Crippen LogP contribution in [0.5, 0.6) is 0 Å². The summed E-state index contributed by atoms with van der Waals surface area (Å²) in [5.74, 6) is -0.982. The summed E-state index contributed by atoms with van der Waals surface area (Å²) in [5, 5.41) is 13.6. The van der Waals surface area contributed by atoms with E-state index >= 15 is 0 Å². The van der Waals surface area contributed by atoms with Gasteiger partial charge < -0.3 is 9.67 Å². The lowest BCUT2D eigenvalue weighted by molar-refractivity contribution is 0.0682. The van der Waals surface area contributed by atoms with Gasteiger partial charge in [0.05, 0.1) is 17.6 Å². The first-order valence-corrected chi connectivity index (χ1v) is 5.54. The maximum Gasteiger partial charge on any atom is 0.352 e. The summed E-state index contributed by atoms with van der Waals surface area (Å²) in [4.78, 5) is 11.0. The van der Waals surface area contributed by atoms with E-state index in [4.69, 9.17) is 16.7 Å². The van der Waals surface area contributed by atoms with Crippen molar-refractivity contribution < 1.29 is 9.90 Å². The monoisotopic (exact) mass is 253 g/mol. The van der Waals surface area contributed by atoms with E-state index in [1.807, 2.05) is 19.2 Å². The molecule has 90 valence electrons. The Hall–Kier alpha value is -1.75. The van der Waals surface area contributed by atoms with Crippen molar-refractivity contribution in [3.63, 3.8) is 0 Å². The first-order chi connectivity index (χ1) is 8.08. The number of rotatable bonds is 4. The highest BCUT2D eigenvalue weighted by Gasteiger charge is 2.16. The highest BCUT2D eigenvalue weighted by atomic mass is 35.5. The Balaban J connectivity index is 2.24. The Labute approximate surface area is 103 Å². The largest absolute Gasteiger partial charge is 0.477 e. The smallest absolute Gasteiger partial charge is 0.352 e. The molecule has 0 radical (unpaired) electrons. The van der Waals surface area contributed by atoms with Crippen molar-refractivity contribution in [1.29, 1.82) is 0 Å². The molecule has 1 unspecified atom stereocenters. The highest BCUT2D eigenvalue weighted by molar-refractivity contribution is 6.30. The number of hydrogen-bond acceptors (Lipinski definition) is 2. The molecule has 0 aliphatic carbocycles. The molecule has 2 rings (SSSR count). The Morgan fingerprint density at radius 1 is 1.65 bits per heavy atom. The molecule has 2 aromatic heterocycles. The van der Waals surface area contributed by atoms with Crippen molar-refractivity contribution in [2.75, 3.05) is 0 Å². The molecule has 17 heavy (non-hydrogen) atoms. The van der Waals surface area contributed by atoms with E-state index in [9.17, 15) is 4.79 Å². The van der Waals surface area contributed by atoms with Crippen LogP contribution in [0.15, 0.2) is 30.7 Å². The van der Waals surface area contributed by atoms with Crippen LogP contribution in [-0.4, -0.2) is 25.4 Å². The van der Waals surface area contributed by atoms with E-state index in [1.165, 1.54) is 6.07 Å². The molecule has 1 atom stereocenters. The average molecular weight is 254 g/mol. The molecule has 5 nitrogen and oxygen atoms in total. The number of carboxylic acids is 1. The molecule has 0 amide bonds. The van der Waals surface area contributed by atoms with Gasteiger partial charge in [0.2, 0.25) is 0 Å². The van der Waals surface area contributed by atoms with Gasteiger partial charge in [-0.25, -0.2) is 4.79 Å². The van der Waals surface area contributed by atoms with Crippen LogP contribution in [0.2, 0.25) is 5.02 Å². The summed E-state index contributed by atoms with van der Waals surface area (Å²) in [7, 11) is 0. The Morgan fingerprint density at radius 2 is 2.41 bits per heavy atom. The van der Waals surface area contributed by atoms with Crippen LogP contribution in [0.3, 0.4) is 0 Å². The maximum absolute atomic E-state index is 11.0. The van der Waals surface area contributed by atoms with E-state index in [1.54, 1.807) is 21.6 Å². The first kappa shape index (κ1) is 11.7. The van der Waals surface area contributed by atoms with Crippen LogP contribution >= 0.6 is 11.6 Å². The topological polar surface area (TPSA) is 60.0 Å². The van der Waals surface area contributed by atoms with Crippen molar-refractivity contribution in [3.05, 3.63) is 41.4 Å². The van der Waals surface area contributed by atoms with E-state index in [-0.39, 0.29) is 11.7 Å². The summed E-state index contributed by atoms with van der Waals surface area (Å²) in [5.41, 5.74) is 0.189. The van der Waals surface area contributed by atoms with Gasteiger partial charge in [0, 0.05) is 18.6 Å². The molecule has 2 heterocycles. The summed E-state index contributed by atoms with van der Waals surface area (Å²) in [6.07, 6.45) is 5.15. The molecule has 1 N–H and O–H groups in total.